The maximum absolute atomic E-state index is 12.1. The van der Waals surface area contributed by atoms with Crippen molar-refractivity contribution in [2.75, 3.05) is 13.7 Å². The second kappa shape index (κ2) is 7.28. The van der Waals surface area contributed by atoms with Crippen LogP contribution in [-0.2, 0) is 7.05 Å². The largest absolute Gasteiger partial charge is 0.481 e. The van der Waals surface area contributed by atoms with E-state index in [0.29, 0.717) is 11.8 Å². The summed E-state index contributed by atoms with van der Waals surface area (Å²) >= 11 is 0. The van der Waals surface area contributed by atoms with Crippen molar-refractivity contribution < 1.29 is 14.6 Å². The number of aliphatic hydroxyl groups excluding tert-OH is 1. The van der Waals surface area contributed by atoms with E-state index in [4.69, 9.17) is 4.74 Å². The maximum atomic E-state index is 12.1. The number of hydrogen-bond acceptors (Lipinski definition) is 4. The van der Waals surface area contributed by atoms with E-state index < -0.39 is 6.10 Å². The molecule has 0 aliphatic heterocycles. The fraction of sp³-hybridized carbons (Fsp3) is 0.412. The van der Waals surface area contributed by atoms with Crippen molar-refractivity contribution in [3.8, 4) is 5.88 Å². The molecular weight excluding hydrogens is 294 g/mol. The Labute approximate surface area is 136 Å². The first-order valence-electron chi connectivity index (χ1n) is 7.56. The number of rotatable bonds is 6. The molecule has 2 rings (SSSR count). The molecule has 1 aromatic heterocycles. The van der Waals surface area contributed by atoms with Gasteiger partial charge in [-0.1, -0.05) is 38.1 Å². The number of amides is 1. The first-order valence-corrected chi connectivity index (χ1v) is 7.56. The van der Waals surface area contributed by atoms with E-state index >= 15 is 0 Å². The van der Waals surface area contributed by atoms with Crippen LogP contribution in [0.5, 0.6) is 5.88 Å². The molecule has 0 spiro atoms. The third kappa shape index (κ3) is 4.10. The van der Waals surface area contributed by atoms with Gasteiger partial charge in [0.05, 0.1) is 13.2 Å². The summed E-state index contributed by atoms with van der Waals surface area (Å²) in [7, 11) is 3.21. The van der Waals surface area contributed by atoms with Crippen LogP contribution in [0.15, 0.2) is 30.3 Å². The van der Waals surface area contributed by atoms with Crippen LogP contribution in [0.4, 0.5) is 0 Å². The van der Waals surface area contributed by atoms with Crippen molar-refractivity contribution in [2.24, 2.45) is 7.05 Å². The number of nitrogens with one attached hydrogen (secondary N) is 1. The average molecular weight is 317 g/mol. The third-order valence-electron chi connectivity index (χ3n) is 3.72. The molecule has 6 nitrogen and oxygen atoms in total. The van der Waals surface area contributed by atoms with Crippen LogP contribution in [0.25, 0.3) is 0 Å². The standard InChI is InChI=1S/C17H23N3O3/c1-11(2)12-5-7-13(8-6-12)15(21)10-18-17(22)14-9-16(23-4)20(3)19-14/h5-9,11,15,21H,10H2,1-4H3,(H,18,22). The highest BCUT2D eigenvalue weighted by molar-refractivity contribution is 5.92. The number of carbonyl (C=O) groups is 1. The molecule has 23 heavy (non-hydrogen) atoms. The Bertz CT molecular complexity index is 662. The molecule has 2 N–H and O–H groups in total. The summed E-state index contributed by atoms with van der Waals surface area (Å²) in [6.07, 6.45) is -0.759. The molecule has 0 bridgehead atoms. The van der Waals surface area contributed by atoms with Gasteiger partial charge in [-0.25, -0.2) is 4.68 Å². The molecule has 0 fully saturated rings. The van der Waals surface area contributed by atoms with Gasteiger partial charge < -0.3 is 15.2 Å². The molecule has 2 aromatic rings. The Morgan fingerprint density at radius 2 is 1.91 bits per heavy atom. The van der Waals surface area contributed by atoms with Crippen molar-refractivity contribution in [1.82, 2.24) is 15.1 Å². The minimum Gasteiger partial charge on any atom is -0.481 e. The molecule has 124 valence electrons. The Balaban J connectivity index is 1.95. The van der Waals surface area contributed by atoms with Crippen molar-refractivity contribution in [2.45, 2.75) is 25.9 Å². The topological polar surface area (TPSA) is 76.4 Å². The van der Waals surface area contributed by atoms with Gasteiger partial charge in [-0.05, 0) is 17.0 Å². The second-order valence-corrected chi connectivity index (χ2v) is 5.74. The molecule has 0 radical (unpaired) electrons. The number of aryl methyl sites for hydroxylation is 1. The molecule has 1 aromatic carbocycles. The molecular formula is C17H23N3O3. The van der Waals surface area contributed by atoms with Crippen molar-refractivity contribution in [1.29, 1.82) is 0 Å². The summed E-state index contributed by atoms with van der Waals surface area (Å²) in [4.78, 5) is 12.1. The molecule has 6 heteroatoms. The normalized spacial score (nSPS) is 12.3. The summed E-state index contributed by atoms with van der Waals surface area (Å²) in [5.74, 6) is 0.599. The number of benzene rings is 1. The summed E-state index contributed by atoms with van der Waals surface area (Å²) in [5, 5.41) is 16.9. The number of aromatic nitrogens is 2. The van der Waals surface area contributed by atoms with E-state index in [-0.39, 0.29) is 18.1 Å². The van der Waals surface area contributed by atoms with Crippen molar-refractivity contribution in [3.05, 3.63) is 47.2 Å². The first kappa shape index (κ1) is 17.0. The minimum atomic E-state index is -0.759. The zero-order chi connectivity index (χ0) is 17.0. The molecule has 0 aliphatic rings. The van der Waals surface area contributed by atoms with Gasteiger partial charge in [-0.2, -0.15) is 5.10 Å². The van der Waals surface area contributed by atoms with Gasteiger partial charge in [-0.3, -0.25) is 4.79 Å². The lowest BCUT2D eigenvalue weighted by Gasteiger charge is -2.13. The quantitative estimate of drug-likeness (QED) is 0.854. The molecule has 1 amide bonds. The number of carbonyl (C=O) groups excluding carboxylic acids is 1. The number of ether oxygens (including phenoxy) is 1. The SMILES string of the molecule is COc1cc(C(=O)NCC(O)c2ccc(C(C)C)cc2)nn1C. The predicted octanol–water partition coefficient (Wildman–Crippen LogP) is 2.02. The fourth-order valence-corrected chi connectivity index (χ4v) is 2.25. The zero-order valence-electron chi connectivity index (χ0n) is 13.9. The zero-order valence-corrected chi connectivity index (χ0v) is 13.9. The van der Waals surface area contributed by atoms with Gasteiger partial charge in [-0.15, -0.1) is 0 Å². The van der Waals surface area contributed by atoms with Crippen LogP contribution in [-0.4, -0.2) is 34.4 Å². The number of methoxy groups -OCH3 is 1. The molecule has 0 aliphatic carbocycles. The Hall–Kier alpha value is -2.34. The monoisotopic (exact) mass is 317 g/mol. The summed E-state index contributed by atoms with van der Waals surface area (Å²) in [6.45, 7) is 4.36. The highest BCUT2D eigenvalue weighted by Gasteiger charge is 2.15. The Morgan fingerprint density at radius 3 is 2.43 bits per heavy atom. The lowest BCUT2D eigenvalue weighted by atomic mass is 10.00. The molecule has 0 saturated heterocycles. The minimum absolute atomic E-state index is 0.124. The van der Waals surface area contributed by atoms with Gasteiger partial charge in [0.1, 0.15) is 0 Å². The molecule has 1 atom stereocenters. The van der Waals surface area contributed by atoms with Crippen LogP contribution in [0.2, 0.25) is 0 Å². The van der Waals surface area contributed by atoms with E-state index in [0.717, 1.165) is 5.56 Å². The van der Waals surface area contributed by atoms with E-state index in [1.165, 1.54) is 17.4 Å². The van der Waals surface area contributed by atoms with Gasteiger partial charge in [0.2, 0.25) is 5.88 Å². The van der Waals surface area contributed by atoms with E-state index in [9.17, 15) is 9.90 Å². The average Bonchev–Trinajstić information content (AvgIpc) is 2.93. The maximum Gasteiger partial charge on any atom is 0.272 e. The highest BCUT2D eigenvalue weighted by Crippen LogP contribution is 2.18. The van der Waals surface area contributed by atoms with Crippen LogP contribution >= 0.6 is 0 Å². The molecule has 1 heterocycles. The summed E-state index contributed by atoms with van der Waals surface area (Å²) < 4.78 is 6.55. The third-order valence-corrected chi connectivity index (χ3v) is 3.72. The first-order chi connectivity index (χ1) is 10.9. The van der Waals surface area contributed by atoms with Crippen LogP contribution in [0.1, 0.15) is 47.5 Å². The van der Waals surface area contributed by atoms with Crippen molar-refractivity contribution in [3.63, 3.8) is 0 Å². The summed E-state index contributed by atoms with van der Waals surface area (Å²) in [6, 6.07) is 9.31. The number of aliphatic hydroxyl groups is 1. The predicted molar refractivity (Wildman–Crippen MR) is 87.6 cm³/mol. The van der Waals surface area contributed by atoms with Gasteiger partial charge in [0.15, 0.2) is 5.69 Å². The number of hydrogen-bond donors (Lipinski definition) is 2. The van der Waals surface area contributed by atoms with E-state index in [2.05, 4.69) is 24.3 Å². The van der Waals surface area contributed by atoms with Crippen LogP contribution in [0.3, 0.4) is 0 Å². The smallest absolute Gasteiger partial charge is 0.272 e. The van der Waals surface area contributed by atoms with Crippen molar-refractivity contribution >= 4 is 5.91 Å². The molecule has 0 saturated carbocycles. The molecule has 1 unspecified atom stereocenters. The van der Waals surface area contributed by atoms with Gasteiger partial charge >= 0.3 is 0 Å². The van der Waals surface area contributed by atoms with E-state index in [1.54, 1.807) is 13.1 Å². The lowest BCUT2D eigenvalue weighted by Crippen LogP contribution is -2.28. The van der Waals surface area contributed by atoms with Gasteiger partial charge in [0.25, 0.3) is 5.91 Å². The fourth-order valence-electron chi connectivity index (χ4n) is 2.25. The summed E-state index contributed by atoms with van der Waals surface area (Å²) in [5.41, 5.74) is 2.24. The second-order valence-electron chi connectivity index (χ2n) is 5.74. The van der Waals surface area contributed by atoms with Crippen LogP contribution in [0, 0.1) is 0 Å². The lowest BCUT2D eigenvalue weighted by molar-refractivity contribution is 0.0910. The highest BCUT2D eigenvalue weighted by atomic mass is 16.5. The Kier molecular flexibility index (Phi) is 5.39. The van der Waals surface area contributed by atoms with Gasteiger partial charge in [0, 0.05) is 19.7 Å². The van der Waals surface area contributed by atoms with E-state index in [1.807, 2.05) is 24.3 Å². The number of nitrogens with zero attached hydrogens (tertiary/aromatic N) is 2. The Morgan fingerprint density at radius 1 is 1.30 bits per heavy atom. The van der Waals surface area contributed by atoms with Crippen LogP contribution < -0.4 is 10.1 Å².